The van der Waals surface area contributed by atoms with Gasteiger partial charge >= 0.3 is 0 Å². The number of nitrogens with one attached hydrogen (secondary N) is 1. The number of rotatable bonds is 4. The molecule has 1 unspecified atom stereocenters. The van der Waals surface area contributed by atoms with Crippen LogP contribution in [0.25, 0.3) is 0 Å². The lowest BCUT2D eigenvalue weighted by Crippen LogP contribution is -2.42. The van der Waals surface area contributed by atoms with Crippen molar-refractivity contribution in [1.82, 2.24) is 14.9 Å². The molecule has 0 aliphatic rings. The van der Waals surface area contributed by atoms with Gasteiger partial charge in [-0.25, -0.2) is 4.98 Å². The molecular formula is C13H14N4. The SMILES string of the molecule is CNC(C#N)(Cn1ccnc1)c1ccccc1. The van der Waals surface area contributed by atoms with E-state index in [0.29, 0.717) is 6.54 Å². The highest BCUT2D eigenvalue weighted by atomic mass is 15.1. The monoisotopic (exact) mass is 226 g/mol. The Bertz CT molecular complexity index is 498. The predicted molar refractivity (Wildman–Crippen MR) is 65.0 cm³/mol. The molecule has 0 bridgehead atoms. The summed E-state index contributed by atoms with van der Waals surface area (Å²) in [5.41, 5.74) is 0.237. The summed E-state index contributed by atoms with van der Waals surface area (Å²) in [4.78, 5) is 3.99. The molecule has 0 saturated carbocycles. The number of nitriles is 1. The maximum absolute atomic E-state index is 9.48. The second-order valence-corrected chi connectivity index (χ2v) is 3.87. The molecule has 1 heterocycles. The maximum atomic E-state index is 9.48. The molecule has 0 aliphatic heterocycles. The topological polar surface area (TPSA) is 53.6 Å². The largest absolute Gasteiger partial charge is 0.334 e. The molecule has 1 N–H and O–H groups in total. The molecule has 17 heavy (non-hydrogen) atoms. The molecular weight excluding hydrogens is 212 g/mol. The molecule has 1 aromatic carbocycles. The zero-order valence-corrected chi connectivity index (χ0v) is 9.67. The van der Waals surface area contributed by atoms with E-state index in [4.69, 9.17) is 0 Å². The summed E-state index contributed by atoms with van der Waals surface area (Å²) in [7, 11) is 1.80. The minimum absolute atomic E-state index is 0.532. The average molecular weight is 226 g/mol. The fourth-order valence-electron chi connectivity index (χ4n) is 1.85. The number of aromatic nitrogens is 2. The average Bonchev–Trinajstić information content (AvgIpc) is 2.90. The van der Waals surface area contributed by atoms with Crippen LogP contribution in [0.4, 0.5) is 0 Å². The molecule has 0 saturated heterocycles. The Balaban J connectivity index is 2.37. The molecule has 4 heteroatoms. The van der Waals surface area contributed by atoms with Gasteiger partial charge < -0.3 is 4.57 Å². The van der Waals surface area contributed by atoms with Gasteiger partial charge in [-0.3, -0.25) is 5.32 Å². The van der Waals surface area contributed by atoms with Crippen LogP contribution >= 0.6 is 0 Å². The Hall–Kier alpha value is -2.12. The predicted octanol–water partition coefficient (Wildman–Crippen LogP) is 1.52. The van der Waals surface area contributed by atoms with Crippen molar-refractivity contribution >= 4 is 0 Å². The van der Waals surface area contributed by atoms with Gasteiger partial charge in [-0.2, -0.15) is 5.26 Å². The lowest BCUT2D eigenvalue weighted by atomic mass is 9.91. The summed E-state index contributed by atoms with van der Waals surface area (Å²) < 4.78 is 1.90. The van der Waals surface area contributed by atoms with Crippen LogP contribution < -0.4 is 5.32 Å². The Labute approximate surface area is 101 Å². The van der Waals surface area contributed by atoms with E-state index < -0.39 is 5.54 Å². The Morgan fingerprint density at radius 3 is 2.71 bits per heavy atom. The van der Waals surface area contributed by atoms with Gasteiger partial charge in [0.25, 0.3) is 0 Å². The van der Waals surface area contributed by atoms with Crippen LogP contribution in [0, 0.1) is 11.3 Å². The first-order valence-corrected chi connectivity index (χ1v) is 5.42. The van der Waals surface area contributed by atoms with E-state index in [0.717, 1.165) is 5.56 Å². The van der Waals surface area contributed by atoms with Crippen molar-refractivity contribution in [2.75, 3.05) is 7.05 Å². The molecule has 86 valence electrons. The molecule has 1 aromatic heterocycles. The van der Waals surface area contributed by atoms with Crippen LogP contribution in [-0.4, -0.2) is 16.6 Å². The van der Waals surface area contributed by atoms with Crippen LogP contribution in [0.3, 0.4) is 0 Å². The molecule has 0 aliphatic carbocycles. The van der Waals surface area contributed by atoms with Gasteiger partial charge in [0, 0.05) is 12.4 Å². The molecule has 0 amide bonds. The smallest absolute Gasteiger partial charge is 0.150 e. The lowest BCUT2D eigenvalue weighted by Gasteiger charge is -2.26. The van der Waals surface area contributed by atoms with Gasteiger partial charge in [0.2, 0.25) is 0 Å². The zero-order valence-electron chi connectivity index (χ0n) is 9.67. The summed E-state index contributed by atoms with van der Waals surface area (Å²) in [6.45, 7) is 0.532. The zero-order chi connectivity index (χ0) is 12.1. The fraction of sp³-hybridized carbons (Fsp3) is 0.231. The van der Waals surface area contributed by atoms with Gasteiger partial charge in [-0.1, -0.05) is 30.3 Å². The van der Waals surface area contributed by atoms with Crippen molar-refractivity contribution in [1.29, 1.82) is 5.26 Å². The van der Waals surface area contributed by atoms with Crippen LogP contribution in [0.1, 0.15) is 5.56 Å². The number of imidazole rings is 1. The van der Waals surface area contributed by atoms with Crippen molar-refractivity contribution in [3.05, 3.63) is 54.6 Å². The summed E-state index contributed by atoms with van der Waals surface area (Å²) in [5, 5.41) is 12.6. The van der Waals surface area contributed by atoms with Crippen molar-refractivity contribution in [3.8, 4) is 6.07 Å². The molecule has 0 radical (unpaired) electrons. The third-order valence-electron chi connectivity index (χ3n) is 2.86. The number of benzene rings is 1. The van der Waals surface area contributed by atoms with E-state index in [9.17, 15) is 5.26 Å². The minimum atomic E-state index is -0.720. The number of hydrogen-bond donors (Lipinski definition) is 1. The fourth-order valence-corrected chi connectivity index (χ4v) is 1.85. The Morgan fingerprint density at radius 1 is 1.41 bits per heavy atom. The minimum Gasteiger partial charge on any atom is -0.334 e. The quantitative estimate of drug-likeness (QED) is 0.860. The summed E-state index contributed by atoms with van der Waals surface area (Å²) in [6.07, 6.45) is 5.28. The van der Waals surface area contributed by atoms with Gasteiger partial charge in [0.05, 0.1) is 18.9 Å². The molecule has 1 atom stereocenters. The first kappa shape index (κ1) is 11.4. The summed E-state index contributed by atoms with van der Waals surface area (Å²) in [6, 6.07) is 12.1. The highest BCUT2D eigenvalue weighted by Gasteiger charge is 2.30. The van der Waals surface area contributed by atoms with Gasteiger partial charge in [-0.15, -0.1) is 0 Å². The van der Waals surface area contributed by atoms with Crippen molar-refractivity contribution in [2.45, 2.75) is 12.1 Å². The normalized spacial score (nSPS) is 13.9. The second kappa shape index (κ2) is 4.81. The van der Waals surface area contributed by atoms with Crippen molar-refractivity contribution in [2.24, 2.45) is 0 Å². The van der Waals surface area contributed by atoms with Gasteiger partial charge in [-0.05, 0) is 12.6 Å². The standard InChI is InChI=1S/C13H14N4/c1-15-13(9-14,10-17-8-7-16-11-17)12-5-3-2-4-6-12/h2-8,11,15H,10H2,1H3. The number of likely N-dealkylation sites (N-methyl/N-ethyl adjacent to an activating group) is 1. The molecule has 0 fully saturated rings. The third-order valence-corrected chi connectivity index (χ3v) is 2.86. The lowest BCUT2D eigenvalue weighted by molar-refractivity contribution is 0.397. The van der Waals surface area contributed by atoms with E-state index in [2.05, 4.69) is 16.4 Å². The molecule has 2 aromatic rings. The van der Waals surface area contributed by atoms with Crippen LogP contribution in [0.5, 0.6) is 0 Å². The summed E-state index contributed by atoms with van der Waals surface area (Å²) >= 11 is 0. The van der Waals surface area contributed by atoms with E-state index in [-0.39, 0.29) is 0 Å². The van der Waals surface area contributed by atoms with Crippen LogP contribution in [-0.2, 0) is 12.1 Å². The van der Waals surface area contributed by atoms with Crippen LogP contribution in [0.2, 0.25) is 0 Å². The van der Waals surface area contributed by atoms with Gasteiger partial charge in [0.15, 0.2) is 0 Å². The molecule has 0 spiro atoms. The van der Waals surface area contributed by atoms with Crippen molar-refractivity contribution < 1.29 is 0 Å². The Kier molecular flexibility index (Phi) is 3.22. The second-order valence-electron chi connectivity index (χ2n) is 3.87. The number of hydrogen-bond acceptors (Lipinski definition) is 3. The van der Waals surface area contributed by atoms with Gasteiger partial charge in [0.1, 0.15) is 5.54 Å². The molecule has 4 nitrogen and oxygen atoms in total. The first-order valence-electron chi connectivity index (χ1n) is 5.42. The van der Waals surface area contributed by atoms with E-state index in [1.165, 1.54) is 0 Å². The first-order chi connectivity index (χ1) is 8.30. The highest BCUT2D eigenvalue weighted by molar-refractivity contribution is 5.31. The maximum Gasteiger partial charge on any atom is 0.150 e. The van der Waals surface area contributed by atoms with Crippen molar-refractivity contribution in [3.63, 3.8) is 0 Å². The van der Waals surface area contributed by atoms with E-state index in [1.54, 1.807) is 19.6 Å². The van der Waals surface area contributed by atoms with E-state index >= 15 is 0 Å². The Morgan fingerprint density at radius 2 is 2.18 bits per heavy atom. The van der Waals surface area contributed by atoms with Crippen LogP contribution in [0.15, 0.2) is 49.1 Å². The third kappa shape index (κ3) is 2.19. The number of nitrogens with zero attached hydrogens (tertiary/aromatic N) is 3. The molecule has 2 rings (SSSR count). The van der Waals surface area contributed by atoms with E-state index in [1.807, 2.05) is 41.1 Å². The highest BCUT2D eigenvalue weighted by Crippen LogP contribution is 2.22. The summed E-state index contributed by atoms with van der Waals surface area (Å²) in [5.74, 6) is 0.